The second-order valence-corrected chi connectivity index (χ2v) is 7.87. The second-order valence-electron chi connectivity index (χ2n) is 6.11. The summed E-state index contributed by atoms with van der Waals surface area (Å²) < 4.78 is 26.8. The molecule has 0 aliphatic carbocycles. The van der Waals surface area contributed by atoms with Gasteiger partial charge in [0.1, 0.15) is 0 Å². The largest absolute Gasteiger partial charge is 0.478 e. The van der Waals surface area contributed by atoms with Gasteiger partial charge in [-0.1, -0.05) is 6.92 Å². The van der Waals surface area contributed by atoms with Gasteiger partial charge >= 0.3 is 5.97 Å². The Morgan fingerprint density at radius 2 is 1.87 bits per heavy atom. The topological polar surface area (TPSA) is 86.7 Å². The summed E-state index contributed by atoms with van der Waals surface area (Å²) in [5, 5.41) is 8.82. The summed E-state index contributed by atoms with van der Waals surface area (Å²) in [6, 6.07) is 5.23. The van der Waals surface area contributed by atoms with Crippen molar-refractivity contribution in [1.82, 2.24) is 9.62 Å². The molecule has 0 radical (unpaired) electrons. The van der Waals surface area contributed by atoms with Crippen LogP contribution in [0.5, 0.6) is 0 Å². The first kappa shape index (κ1) is 17.9. The smallest absolute Gasteiger partial charge is 0.335 e. The molecule has 0 aromatic heterocycles. The molecule has 1 saturated heterocycles. The SMILES string of the molecule is CC1CCN(CCCNS(=O)(=O)c2ccc(C(=O)O)cc2)CC1. The fourth-order valence-corrected chi connectivity index (χ4v) is 3.73. The fraction of sp³-hybridized carbons (Fsp3) is 0.562. The molecule has 1 aromatic rings. The van der Waals surface area contributed by atoms with Crippen molar-refractivity contribution >= 4 is 16.0 Å². The highest BCUT2D eigenvalue weighted by Crippen LogP contribution is 2.16. The number of aromatic carboxylic acids is 1. The standard InChI is InChI=1S/C16H24N2O4S/c1-13-7-11-18(12-8-13)10-2-9-17-23(21,22)15-5-3-14(4-6-15)16(19)20/h3-6,13,17H,2,7-12H2,1H3,(H,19,20). The third kappa shape index (κ3) is 5.30. The van der Waals surface area contributed by atoms with E-state index in [1.165, 1.54) is 37.1 Å². The van der Waals surface area contributed by atoms with Gasteiger partial charge < -0.3 is 10.0 Å². The van der Waals surface area contributed by atoms with Crippen LogP contribution in [0.3, 0.4) is 0 Å². The quantitative estimate of drug-likeness (QED) is 0.739. The number of carboxylic acid groups (broad SMARTS) is 1. The minimum atomic E-state index is -3.58. The van der Waals surface area contributed by atoms with E-state index in [4.69, 9.17) is 5.11 Å². The molecule has 0 atom stereocenters. The first-order valence-electron chi connectivity index (χ1n) is 7.94. The van der Waals surface area contributed by atoms with Gasteiger partial charge in [0.2, 0.25) is 10.0 Å². The zero-order chi connectivity index (χ0) is 16.9. The Kier molecular flexibility index (Phi) is 6.15. The number of hydrogen-bond acceptors (Lipinski definition) is 4. The lowest BCUT2D eigenvalue weighted by molar-refractivity contribution is 0.0696. The van der Waals surface area contributed by atoms with E-state index in [2.05, 4.69) is 16.5 Å². The molecule has 1 heterocycles. The van der Waals surface area contributed by atoms with Gasteiger partial charge in [-0.3, -0.25) is 0 Å². The van der Waals surface area contributed by atoms with Gasteiger partial charge in [0.05, 0.1) is 10.5 Å². The van der Waals surface area contributed by atoms with Crippen molar-refractivity contribution in [3.05, 3.63) is 29.8 Å². The number of likely N-dealkylation sites (tertiary alicyclic amines) is 1. The molecule has 23 heavy (non-hydrogen) atoms. The van der Waals surface area contributed by atoms with Crippen LogP contribution in [0.15, 0.2) is 29.2 Å². The summed E-state index contributed by atoms with van der Waals surface area (Å²) in [7, 11) is -3.58. The highest BCUT2D eigenvalue weighted by atomic mass is 32.2. The molecule has 0 spiro atoms. The van der Waals surface area contributed by atoms with Crippen LogP contribution in [0, 0.1) is 5.92 Å². The molecule has 0 saturated carbocycles. The van der Waals surface area contributed by atoms with E-state index < -0.39 is 16.0 Å². The first-order valence-corrected chi connectivity index (χ1v) is 9.42. The summed E-state index contributed by atoms with van der Waals surface area (Å²) in [5.74, 6) is -0.281. The van der Waals surface area contributed by atoms with Gasteiger partial charge in [-0.05, 0) is 69.1 Å². The first-order chi connectivity index (χ1) is 10.9. The third-order valence-electron chi connectivity index (χ3n) is 4.23. The van der Waals surface area contributed by atoms with Crippen molar-refractivity contribution in [1.29, 1.82) is 0 Å². The third-order valence-corrected chi connectivity index (χ3v) is 5.71. The predicted octanol–water partition coefficient (Wildman–Crippen LogP) is 1.79. The molecule has 7 heteroatoms. The number of sulfonamides is 1. The Hall–Kier alpha value is -1.44. The highest BCUT2D eigenvalue weighted by Gasteiger charge is 2.16. The van der Waals surface area contributed by atoms with E-state index in [-0.39, 0.29) is 10.5 Å². The van der Waals surface area contributed by atoms with Crippen molar-refractivity contribution in [2.75, 3.05) is 26.2 Å². The molecular formula is C16H24N2O4S. The number of rotatable bonds is 7. The molecule has 1 aromatic carbocycles. The van der Waals surface area contributed by atoms with Gasteiger partial charge in [-0.25, -0.2) is 17.9 Å². The lowest BCUT2D eigenvalue weighted by atomic mass is 9.99. The maximum atomic E-state index is 12.1. The van der Waals surface area contributed by atoms with Crippen LogP contribution < -0.4 is 4.72 Å². The summed E-state index contributed by atoms with van der Waals surface area (Å²) in [6.07, 6.45) is 3.18. The van der Waals surface area contributed by atoms with Crippen LogP contribution in [0.1, 0.15) is 36.5 Å². The Bertz CT molecular complexity index is 620. The van der Waals surface area contributed by atoms with Gasteiger partial charge in [0.25, 0.3) is 0 Å². The second kappa shape index (κ2) is 7.90. The molecule has 0 bridgehead atoms. The molecule has 128 valence electrons. The van der Waals surface area contributed by atoms with Crippen molar-refractivity contribution < 1.29 is 18.3 Å². The van der Waals surface area contributed by atoms with Crippen molar-refractivity contribution in [2.45, 2.75) is 31.1 Å². The fourth-order valence-electron chi connectivity index (χ4n) is 2.65. The van der Waals surface area contributed by atoms with E-state index in [1.54, 1.807) is 0 Å². The van der Waals surface area contributed by atoms with Gasteiger partial charge in [-0.2, -0.15) is 0 Å². The summed E-state index contributed by atoms with van der Waals surface area (Å²) in [6.45, 7) is 5.72. The molecule has 6 nitrogen and oxygen atoms in total. The number of nitrogens with one attached hydrogen (secondary N) is 1. The van der Waals surface area contributed by atoms with Crippen LogP contribution in [0.2, 0.25) is 0 Å². The van der Waals surface area contributed by atoms with E-state index in [1.807, 2.05) is 0 Å². The maximum absolute atomic E-state index is 12.1. The Morgan fingerprint density at radius 3 is 2.43 bits per heavy atom. The van der Waals surface area contributed by atoms with E-state index in [9.17, 15) is 13.2 Å². The van der Waals surface area contributed by atoms with Crippen LogP contribution in [-0.2, 0) is 10.0 Å². The number of hydrogen-bond donors (Lipinski definition) is 2. The summed E-state index contributed by atoms with van der Waals surface area (Å²) >= 11 is 0. The zero-order valence-electron chi connectivity index (χ0n) is 13.4. The average Bonchev–Trinajstić information content (AvgIpc) is 2.53. The molecular weight excluding hydrogens is 316 g/mol. The summed E-state index contributed by atoms with van der Waals surface area (Å²) in [5.41, 5.74) is 0.0725. The Balaban J connectivity index is 1.78. The summed E-state index contributed by atoms with van der Waals surface area (Å²) in [4.78, 5) is 13.2. The maximum Gasteiger partial charge on any atom is 0.335 e. The lowest BCUT2D eigenvalue weighted by Crippen LogP contribution is -2.35. The highest BCUT2D eigenvalue weighted by molar-refractivity contribution is 7.89. The van der Waals surface area contributed by atoms with Crippen LogP contribution in [0.25, 0.3) is 0 Å². The van der Waals surface area contributed by atoms with E-state index >= 15 is 0 Å². The molecule has 0 amide bonds. The Labute approximate surface area is 137 Å². The van der Waals surface area contributed by atoms with E-state index in [0.717, 1.165) is 32.0 Å². The number of benzene rings is 1. The molecule has 1 fully saturated rings. The van der Waals surface area contributed by atoms with E-state index in [0.29, 0.717) is 6.54 Å². The van der Waals surface area contributed by atoms with Crippen LogP contribution in [-0.4, -0.2) is 50.6 Å². The van der Waals surface area contributed by atoms with Gasteiger partial charge in [0.15, 0.2) is 0 Å². The van der Waals surface area contributed by atoms with Crippen molar-refractivity contribution in [3.8, 4) is 0 Å². The van der Waals surface area contributed by atoms with Crippen LogP contribution in [0.4, 0.5) is 0 Å². The number of carboxylic acids is 1. The van der Waals surface area contributed by atoms with Gasteiger partial charge in [-0.15, -0.1) is 0 Å². The molecule has 2 rings (SSSR count). The molecule has 0 unspecified atom stereocenters. The minimum Gasteiger partial charge on any atom is -0.478 e. The van der Waals surface area contributed by atoms with Crippen molar-refractivity contribution in [2.24, 2.45) is 5.92 Å². The molecule has 1 aliphatic rings. The minimum absolute atomic E-state index is 0.0725. The molecule has 1 aliphatic heterocycles. The lowest BCUT2D eigenvalue weighted by Gasteiger charge is -2.30. The Morgan fingerprint density at radius 1 is 1.26 bits per heavy atom. The zero-order valence-corrected chi connectivity index (χ0v) is 14.2. The predicted molar refractivity (Wildman–Crippen MR) is 88.0 cm³/mol. The number of piperidine rings is 1. The van der Waals surface area contributed by atoms with Crippen LogP contribution >= 0.6 is 0 Å². The van der Waals surface area contributed by atoms with Gasteiger partial charge in [0, 0.05) is 6.54 Å². The van der Waals surface area contributed by atoms with Crippen molar-refractivity contribution in [3.63, 3.8) is 0 Å². The number of carbonyl (C=O) groups is 1. The monoisotopic (exact) mass is 340 g/mol. The molecule has 2 N–H and O–H groups in total. The number of nitrogens with zero attached hydrogens (tertiary/aromatic N) is 1. The average molecular weight is 340 g/mol. The normalized spacial score (nSPS) is 17.3.